The fourth-order valence-electron chi connectivity index (χ4n) is 2.34. The van der Waals surface area contributed by atoms with E-state index in [9.17, 15) is 9.59 Å². The van der Waals surface area contributed by atoms with E-state index in [4.69, 9.17) is 14.6 Å². The molecule has 0 bridgehead atoms. The Labute approximate surface area is 138 Å². The molecule has 3 aromatic carbocycles. The Morgan fingerprint density at radius 3 is 2.29 bits per heavy atom. The first-order chi connectivity index (χ1) is 11.5. The van der Waals surface area contributed by atoms with E-state index in [1.807, 2.05) is 24.3 Å². The molecule has 5 nitrogen and oxygen atoms in total. The highest BCUT2D eigenvalue weighted by atomic mass is 16.5. The summed E-state index contributed by atoms with van der Waals surface area (Å²) in [6, 6.07) is 17.0. The summed E-state index contributed by atoms with van der Waals surface area (Å²) in [6.07, 6.45) is 0. The van der Waals surface area contributed by atoms with E-state index < -0.39 is 5.97 Å². The van der Waals surface area contributed by atoms with Crippen LogP contribution >= 0.6 is 0 Å². The van der Waals surface area contributed by atoms with E-state index in [-0.39, 0.29) is 11.5 Å². The summed E-state index contributed by atoms with van der Waals surface area (Å²) in [7, 11) is 0. The molecule has 0 unspecified atom stereocenters. The number of benzene rings is 3. The number of carboxylic acid groups (broad SMARTS) is 1. The summed E-state index contributed by atoms with van der Waals surface area (Å²) in [6.45, 7) is 1.35. The minimum atomic E-state index is -0.982. The van der Waals surface area contributed by atoms with Crippen LogP contribution in [0.5, 0.6) is 17.2 Å². The number of ether oxygens (including phenoxy) is 2. The van der Waals surface area contributed by atoms with Crippen LogP contribution in [0, 0.1) is 0 Å². The normalized spacial score (nSPS) is 10.4. The van der Waals surface area contributed by atoms with Crippen LogP contribution in [0.1, 0.15) is 17.3 Å². The SMILES string of the molecule is CC(=O)Oc1ccc2c(Oc3ccc(C(=O)O)cc3)cccc2c1. The lowest BCUT2D eigenvalue weighted by molar-refractivity contribution is -0.131. The molecule has 3 rings (SSSR count). The number of esters is 1. The maximum Gasteiger partial charge on any atom is 0.335 e. The monoisotopic (exact) mass is 322 g/mol. The third-order valence-electron chi connectivity index (χ3n) is 3.40. The third-order valence-corrected chi connectivity index (χ3v) is 3.40. The van der Waals surface area contributed by atoms with Crippen molar-refractivity contribution >= 4 is 22.7 Å². The van der Waals surface area contributed by atoms with Gasteiger partial charge in [-0.15, -0.1) is 0 Å². The van der Waals surface area contributed by atoms with Gasteiger partial charge in [0.15, 0.2) is 0 Å². The number of fused-ring (bicyclic) bond motifs is 1. The number of carboxylic acids is 1. The molecule has 120 valence electrons. The van der Waals surface area contributed by atoms with Gasteiger partial charge in [0.1, 0.15) is 17.2 Å². The van der Waals surface area contributed by atoms with E-state index in [0.29, 0.717) is 17.2 Å². The van der Waals surface area contributed by atoms with Gasteiger partial charge in [-0.05, 0) is 53.9 Å². The maximum atomic E-state index is 11.0. The molecule has 24 heavy (non-hydrogen) atoms. The third kappa shape index (κ3) is 3.35. The zero-order valence-electron chi connectivity index (χ0n) is 12.9. The van der Waals surface area contributed by atoms with Gasteiger partial charge in [-0.2, -0.15) is 0 Å². The average Bonchev–Trinajstić information content (AvgIpc) is 2.55. The van der Waals surface area contributed by atoms with Gasteiger partial charge >= 0.3 is 11.9 Å². The van der Waals surface area contributed by atoms with Crippen LogP contribution in [0.2, 0.25) is 0 Å². The summed E-state index contributed by atoms with van der Waals surface area (Å²) in [5, 5.41) is 10.6. The van der Waals surface area contributed by atoms with Crippen molar-refractivity contribution in [2.75, 3.05) is 0 Å². The number of hydrogen-bond acceptors (Lipinski definition) is 4. The predicted molar refractivity (Wildman–Crippen MR) is 88.7 cm³/mol. The first kappa shape index (κ1) is 15.6. The average molecular weight is 322 g/mol. The number of carbonyl (C=O) groups excluding carboxylic acids is 1. The lowest BCUT2D eigenvalue weighted by Crippen LogP contribution is -2.00. The Morgan fingerprint density at radius 2 is 1.62 bits per heavy atom. The molecule has 5 heteroatoms. The van der Waals surface area contributed by atoms with Crippen molar-refractivity contribution in [3.05, 3.63) is 66.2 Å². The van der Waals surface area contributed by atoms with Crippen LogP contribution in [0.4, 0.5) is 0 Å². The van der Waals surface area contributed by atoms with Crippen molar-refractivity contribution in [3.63, 3.8) is 0 Å². The predicted octanol–water partition coefficient (Wildman–Crippen LogP) is 4.26. The van der Waals surface area contributed by atoms with Gasteiger partial charge in [0.2, 0.25) is 0 Å². The van der Waals surface area contributed by atoms with Crippen molar-refractivity contribution in [3.8, 4) is 17.2 Å². The van der Waals surface area contributed by atoms with Gasteiger partial charge < -0.3 is 14.6 Å². The molecule has 0 aliphatic heterocycles. The molecule has 0 heterocycles. The molecule has 0 aliphatic carbocycles. The molecule has 0 aliphatic rings. The summed E-state index contributed by atoms with van der Waals surface area (Å²) < 4.78 is 10.9. The van der Waals surface area contributed by atoms with Crippen LogP contribution in [-0.2, 0) is 4.79 Å². The van der Waals surface area contributed by atoms with Crippen LogP contribution < -0.4 is 9.47 Å². The first-order valence-electron chi connectivity index (χ1n) is 7.25. The lowest BCUT2D eigenvalue weighted by Gasteiger charge is -2.10. The number of rotatable bonds is 4. The Hall–Kier alpha value is -3.34. The van der Waals surface area contributed by atoms with Crippen molar-refractivity contribution < 1.29 is 24.2 Å². The Bertz CT molecular complexity index is 913. The summed E-state index contributed by atoms with van der Waals surface area (Å²) in [4.78, 5) is 21.9. The molecule has 3 aromatic rings. The Kier molecular flexibility index (Phi) is 4.16. The molecular weight excluding hydrogens is 308 g/mol. The Balaban J connectivity index is 1.91. The highest BCUT2D eigenvalue weighted by Crippen LogP contribution is 2.32. The van der Waals surface area contributed by atoms with E-state index in [0.717, 1.165) is 10.8 Å². The Morgan fingerprint density at radius 1 is 0.917 bits per heavy atom. The zero-order chi connectivity index (χ0) is 17.1. The first-order valence-corrected chi connectivity index (χ1v) is 7.25. The second kappa shape index (κ2) is 6.42. The molecular formula is C19H14O5. The minimum absolute atomic E-state index is 0.200. The molecule has 0 saturated carbocycles. The molecule has 0 radical (unpaired) electrons. The van der Waals surface area contributed by atoms with E-state index in [2.05, 4.69) is 0 Å². The largest absolute Gasteiger partial charge is 0.478 e. The van der Waals surface area contributed by atoms with E-state index >= 15 is 0 Å². The zero-order valence-corrected chi connectivity index (χ0v) is 12.9. The second-order valence-corrected chi connectivity index (χ2v) is 5.16. The number of carbonyl (C=O) groups is 2. The second-order valence-electron chi connectivity index (χ2n) is 5.16. The number of hydrogen-bond donors (Lipinski definition) is 1. The molecule has 0 amide bonds. The van der Waals surface area contributed by atoms with Gasteiger partial charge in [0.05, 0.1) is 5.56 Å². The van der Waals surface area contributed by atoms with Crippen LogP contribution in [0.25, 0.3) is 10.8 Å². The minimum Gasteiger partial charge on any atom is -0.478 e. The summed E-state index contributed by atoms with van der Waals surface area (Å²) >= 11 is 0. The van der Waals surface area contributed by atoms with E-state index in [1.54, 1.807) is 24.3 Å². The quantitative estimate of drug-likeness (QED) is 0.574. The van der Waals surface area contributed by atoms with Crippen LogP contribution in [0.3, 0.4) is 0 Å². The molecule has 0 fully saturated rings. The lowest BCUT2D eigenvalue weighted by atomic mass is 10.1. The van der Waals surface area contributed by atoms with E-state index in [1.165, 1.54) is 19.1 Å². The van der Waals surface area contributed by atoms with Crippen molar-refractivity contribution in [2.24, 2.45) is 0 Å². The van der Waals surface area contributed by atoms with Crippen LogP contribution in [-0.4, -0.2) is 17.0 Å². The summed E-state index contributed by atoms with van der Waals surface area (Å²) in [5.41, 5.74) is 0.200. The fraction of sp³-hybridized carbons (Fsp3) is 0.0526. The molecule has 0 saturated heterocycles. The number of aromatic carboxylic acids is 1. The fourth-order valence-corrected chi connectivity index (χ4v) is 2.34. The van der Waals surface area contributed by atoms with Gasteiger partial charge in [-0.1, -0.05) is 12.1 Å². The van der Waals surface area contributed by atoms with Crippen LogP contribution in [0.15, 0.2) is 60.7 Å². The highest BCUT2D eigenvalue weighted by molar-refractivity contribution is 5.90. The molecule has 0 spiro atoms. The standard InChI is InChI=1S/C19H14O5/c1-12(20)23-16-9-10-17-14(11-16)3-2-4-18(17)24-15-7-5-13(6-8-15)19(21)22/h2-11H,1H3,(H,21,22). The van der Waals surface area contributed by atoms with Gasteiger partial charge in [0.25, 0.3) is 0 Å². The molecule has 1 N–H and O–H groups in total. The highest BCUT2D eigenvalue weighted by Gasteiger charge is 2.07. The smallest absolute Gasteiger partial charge is 0.335 e. The van der Waals surface area contributed by atoms with Crippen molar-refractivity contribution in [1.82, 2.24) is 0 Å². The molecule has 0 atom stereocenters. The van der Waals surface area contributed by atoms with Gasteiger partial charge in [-0.3, -0.25) is 4.79 Å². The van der Waals surface area contributed by atoms with Crippen molar-refractivity contribution in [2.45, 2.75) is 6.92 Å². The van der Waals surface area contributed by atoms with Gasteiger partial charge in [0, 0.05) is 12.3 Å². The van der Waals surface area contributed by atoms with Crippen molar-refractivity contribution in [1.29, 1.82) is 0 Å². The van der Waals surface area contributed by atoms with Gasteiger partial charge in [-0.25, -0.2) is 4.79 Å². The topological polar surface area (TPSA) is 72.8 Å². The maximum absolute atomic E-state index is 11.0. The molecule has 0 aromatic heterocycles. The summed E-state index contributed by atoms with van der Waals surface area (Å²) in [5.74, 6) is 0.282.